The van der Waals surface area contributed by atoms with Crippen molar-refractivity contribution >= 4 is 15.9 Å². The van der Waals surface area contributed by atoms with Gasteiger partial charge in [-0.25, -0.2) is 13.1 Å². The minimum atomic E-state index is -3.63. The van der Waals surface area contributed by atoms with Gasteiger partial charge >= 0.3 is 0 Å². The lowest BCUT2D eigenvalue weighted by Crippen LogP contribution is -2.51. The second-order valence-electron chi connectivity index (χ2n) is 5.36. The molecule has 3 N–H and O–H groups in total. The molecular formula is C13H22N4O3S. The van der Waals surface area contributed by atoms with E-state index < -0.39 is 10.0 Å². The second kappa shape index (κ2) is 6.17. The monoisotopic (exact) mass is 314 g/mol. The van der Waals surface area contributed by atoms with Crippen molar-refractivity contribution in [3.63, 3.8) is 0 Å². The summed E-state index contributed by atoms with van der Waals surface area (Å²) in [4.78, 5) is 11.8. The van der Waals surface area contributed by atoms with Crippen LogP contribution < -0.4 is 15.4 Å². The van der Waals surface area contributed by atoms with Crippen LogP contribution in [-0.2, 0) is 17.1 Å². The molecule has 1 aromatic rings. The summed E-state index contributed by atoms with van der Waals surface area (Å²) in [5.41, 5.74) is 0.313. The number of rotatable bonds is 4. The van der Waals surface area contributed by atoms with Crippen molar-refractivity contribution in [2.24, 2.45) is 7.05 Å². The Morgan fingerprint density at radius 1 is 1.48 bits per heavy atom. The third-order valence-electron chi connectivity index (χ3n) is 3.82. The zero-order chi connectivity index (χ0) is 15.6. The molecule has 2 rings (SSSR count). The molecule has 2 atom stereocenters. The summed E-state index contributed by atoms with van der Waals surface area (Å²) >= 11 is 0. The molecule has 1 fully saturated rings. The first-order valence-corrected chi connectivity index (χ1v) is 8.47. The highest BCUT2D eigenvalue weighted by Crippen LogP contribution is 2.16. The molecule has 0 saturated carbocycles. The topological polar surface area (TPSA) is 92.2 Å². The van der Waals surface area contributed by atoms with Crippen LogP contribution in [0.25, 0.3) is 0 Å². The van der Waals surface area contributed by atoms with E-state index >= 15 is 0 Å². The van der Waals surface area contributed by atoms with E-state index in [0.717, 1.165) is 19.4 Å². The minimum Gasteiger partial charge on any atom is -0.354 e. The summed E-state index contributed by atoms with van der Waals surface area (Å²) in [5.74, 6) is -0.313. The molecule has 0 spiro atoms. The highest BCUT2D eigenvalue weighted by molar-refractivity contribution is 7.89. The number of nitrogens with zero attached hydrogens (tertiary/aromatic N) is 1. The van der Waals surface area contributed by atoms with Crippen LogP contribution in [0.2, 0.25) is 0 Å². The summed E-state index contributed by atoms with van der Waals surface area (Å²) in [5, 5.41) is 5.74. The summed E-state index contributed by atoms with van der Waals surface area (Å²) in [6.45, 7) is 2.87. The number of amides is 1. The first kappa shape index (κ1) is 16.0. The molecule has 1 aliphatic rings. The Morgan fingerprint density at radius 3 is 2.81 bits per heavy atom. The molecule has 1 aliphatic heterocycles. The Labute approximate surface area is 125 Å². The SMILES string of the molecule is CNC(=O)c1cc(S(=O)(=O)NC2CCCNC2C)cn1C. The van der Waals surface area contributed by atoms with Gasteiger partial charge in [-0.15, -0.1) is 0 Å². The molecule has 118 valence electrons. The van der Waals surface area contributed by atoms with Gasteiger partial charge in [0.1, 0.15) is 10.6 Å². The van der Waals surface area contributed by atoms with E-state index in [4.69, 9.17) is 0 Å². The first-order valence-electron chi connectivity index (χ1n) is 6.99. The van der Waals surface area contributed by atoms with E-state index in [1.807, 2.05) is 6.92 Å². The van der Waals surface area contributed by atoms with E-state index in [0.29, 0.717) is 5.69 Å². The van der Waals surface area contributed by atoms with Crippen molar-refractivity contribution in [3.8, 4) is 0 Å². The maximum atomic E-state index is 12.4. The maximum Gasteiger partial charge on any atom is 0.267 e. The van der Waals surface area contributed by atoms with Gasteiger partial charge in [0.15, 0.2) is 0 Å². The molecule has 8 heteroatoms. The van der Waals surface area contributed by atoms with Gasteiger partial charge in [-0.1, -0.05) is 0 Å². The molecule has 0 aliphatic carbocycles. The average molecular weight is 314 g/mol. The largest absolute Gasteiger partial charge is 0.354 e. The van der Waals surface area contributed by atoms with Crippen LogP contribution in [0.5, 0.6) is 0 Å². The lowest BCUT2D eigenvalue weighted by molar-refractivity contribution is 0.0955. The predicted molar refractivity (Wildman–Crippen MR) is 79.6 cm³/mol. The third kappa shape index (κ3) is 3.45. The van der Waals surface area contributed by atoms with Crippen molar-refractivity contribution in [1.29, 1.82) is 0 Å². The van der Waals surface area contributed by atoms with E-state index in [2.05, 4.69) is 15.4 Å². The maximum absolute atomic E-state index is 12.4. The van der Waals surface area contributed by atoms with E-state index in [1.54, 1.807) is 7.05 Å². The molecule has 1 saturated heterocycles. The average Bonchev–Trinajstić information content (AvgIpc) is 2.83. The van der Waals surface area contributed by atoms with E-state index in [-0.39, 0.29) is 22.9 Å². The number of carbonyl (C=O) groups excluding carboxylic acids is 1. The summed E-state index contributed by atoms with van der Waals surface area (Å²) in [6, 6.07) is 1.35. The van der Waals surface area contributed by atoms with Gasteiger partial charge in [0.2, 0.25) is 10.0 Å². The van der Waals surface area contributed by atoms with Crippen molar-refractivity contribution < 1.29 is 13.2 Å². The molecule has 0 bridgehead atoms. The predicted octanol–water partition coefficient (Wildman–Crippen LogP) is -0.196. The van der Waals surface area contributed by atoms with Gasteiger partial charge in [-0.2, -0.15) is 0 Å². The zero-order valence-electron chi connectivity index (χ0n) is 12.5. The van der Waals surface area contributed by atoms with Crippen molar-refractivity contribution in [3.05, 3.63) is 18.0 Å². The third-order valence-corrected chi connectivity index (χ3v) is 5.28. The normalized spacial score (nSPS) is 23.0. The van der Waals surface area contributed by atoms with Crippen LogP contribution in [0.4, 0.5) is 0 Å². The standard InChI is InChI=1S/C13H22N4O3S/c1-9-11(5-4-6-15-9)16-21(19,20)10-7-12(13(18)14-2)17(3)8-10/h7-9,11,15-16H,4-6H2,1-3H3,(H,14,18). The fourth-order valence-electron chi connectivity index (χ4n) is 2.51. The van der Waals surface area contributed by atoms with Crippen LogP contribution >= 0.6 is 0 Å². The zero-order valence-corrected chi connectivity index (χ0v) is 13.3. The smallest absolute Gasteiger partial charge is 0.267 e. The summed E-state index contributed by atoms with van der Waals surface area (Å²) in [7, 11) is -0.469. The number of aryl methyl sites for hydroxylation is 1. The van der Waals surface area contributed by atoms with Crippen molar-refractivity contribution in [2.75, 3.05) is 13.6 Å². The quantitative estimate of drug-likeness (QED) is 0.718. The minimum absolute atomic E-state index is 0.0932. The Balaban J connectivity index is 2.21. The summed E-state index contributed by atoms with van der Waals surface area (Å²) < 4.78 is 29.1. The van der Waals surface area contributed by atoms with Gasteiger partial charge in [0, 0.05) is 32.4 Å². The number of nitrogens with one attached hydrogen (secondary N) is 3. The van der Waals surface area contributed by atoms with Gasteiger partial charge in [-0.3, -0.25) is 4.79 Å². The van der Waals surface area contributed by atoms with Crippen LogP contribution in [-0.4, -0.2) is 44.6 Å². The number of sulfonamides is 1. The van der Waals surface area contributed by atoms with Crippen LogP contribution in [0.1, 0.15) is 30.3 Å². The summed E-state index contributed by atoms with van der Waals surface area (Å²) in [6.07, 6.45) is 3.20. The van der Waals surface area contributed by atoms with E-state index in [9.17, 15) is 13.2 Å². The number of aromatic nitrogens is 1. The van der Waals surface area contributed by atoms with Gasteiger partial charge in [0.25, 0.3) is 5.91 Å². The fraction of sp³-hybridized carbons (Fsp3) is 0.615. The highest BCUT2D eigenvalue weighted by atomic mass is 32.2. The van der Waals surface area contributed by atoms with Crippen molar-refractivity contribution in [1.82, 2.24) is 19.9 Å². The fourth-order valence-corrected chi connectivity index (χ4v) is 3.93. The highest BCUT2D eigenvalue weighted by Gasteiger charge is 2.28. The lowest BCUT2D eigenvalue weighted by atomic mass is 10.0. The number of piperidine rings is 1. The molecule has 2 heterocycles. The molecule has 21 heavy (non-hydrogen) atoms. The Bertz CT molecular complexity index is 623. The second-order valence-corrected chi connectivity index (χ2v) is 7.08. The molecule has 1 aromatic heterocycles. The number of hydrogen-bond acceptors (Lipinski definition) is 4. The molecule has 7 nitrogen and oxygen atoms in total. The number of carbonyl (C=O) groups is 1. The molecule has 2 unspecified atom stereocenters. The van der Waals surface area contributed by atoms with Gasteiger partial charge in [-0.05, 0) is 32.4 Å². The Hall–Kier alpha value is -1.38. The molecular weight excluding hydrogens is 292 g/mol. The Kier molecular flexibility index (Phi) is 4.70. The lowest BCUT2D eigenvalue weighted by Gasteiger charge is -2.30. The van der Waals surface area contributed by atoms with Gasteiger partial charge in [0.05, 0.1) is 0 Å². The number of hydrogen-bond donors (Lipinski definition) is 3. The van der Waals surface area contributed by atoms with E-state index in [1.165, 1.54) is 23.9 Å². The van der Waals surface area contributed by atoms with Crippen LogP contribution in [0, 0.1) is 0 Å². The Morgan fingerprint density at radius 2 is 2.19 bits per heavy atom. The molecule has 1 amide bonds. The van der Waals surface area contributed by atoms with Crippen molar-refractivity contribution in [2.45, 2.75) is 36.7 Å². The molecule has 0 aromatic carbocycles. The van der Waals surface area contributed by atoms with Gasteiger partial charge < -0.3 is 15.2 Å². The van der Waals surface area contributed by atoms with Crippen LogP contribution in [0.15, 0.2) is 17.2 Å². The van der Waals surface area contributed by atoms with Crippen LogP contribution in [0.3, 0.4) is 0 Å². The first-order chi connectivity index (χ1) is 9.85. The molecule has 0 radical (unpaired) electrons.